The molecule has 3 nitrogen and oxygen atoms in total. The predicted molar refractivity (Wildman–Crippen MR) is 72.6 cm³/mol. The number of rotatable bonds is 5. The van der Waals surface area contributed by atoms with Crippen LogP contribution >= 0.6 is 27.7 Å². The van der Waals surface area contributed by atoms with Crippen LogP contribution in [0.4, 0.5) is 5.69 Å². The van der Waals surface area contributed by atoms with Gasteiger partial charge in [-0.15, -0.1) is 0 Å². The van der Waals surface area contributed by atoms with Crippen molar-refractivity contribution in [3.05, 3.63) is 28.2 Å². The lowest BCUT2D eigenvalue weighted by atomic mass is 10.1. The van der Waals surface area contributed by atoms with Crippen LogP contribution in [0.15, 0.2) is 22.7 Å². The van der Waals surface area contributed by atoms with Gasteiger partial charge in [0.2, 0.25) is 0 Å². The summed E-state index contributed by atoms with van der Waals surface area (Å²) in [5.74, 6) is 0.0253. The zero-order valence-corrected chi connectivity index (χ0v) is 11.6. The minimum absolute atomic E-state index is 0.238. The number of halogens is 1. The number of hydrogen-bond acceptors (Lipinski definition) is 3. The van der Waals surface area contributed by atoms with Gasteiger partial charge in [-0.2, -0.15) is 11.8 Å². The molecule has 0 saturated heterocycles. The molecule has 1 unspecified atom stereocenters. The molecule has 1 aromatic rings. The Bertz CT molecular complexity index is 384. The normalized spacial score (nSPS) is 12.2. The molecule has 0 saturated carbocycles. The van der Waals surface area contributed by atoms with E-state index in [1.807, 2.05) is 13.2 Å². The van der Waals surface area contributed by atoms with E-state index in [1.54, 1.807) is 30.0 Å². The van der Waals surface area contributed by atoms with Crippen LogP contribution < -0.4 is 5.32 Å². The summed E-state index contributed by atoms with van der Waals surface area (Å²) >= 11 is 5.06. The number of aromatic carboxylic acids is 1. The maximum atomic E-state index is 11.0. The van der Waals surface area contributed by atoms with Gasteiger partial charge in [0.05, 0.1) is 11.3 Å². The lowest BCUT2D eigenvalue weighted by Crippen LogP contribution is -2.19. The highest BCUT2D eigenvalue weighted by Crippen LogP contribution is 2.22. The van der Waals surface area contributed by atoms with Crippen molar-refractivity contribution in [1.29, 1.82) is 0 Å². The van der Waals surface area contributed by atoms with Crippen molar-refractivity contribution >= 4 is 39.3 Å². The molecule has 88 valence electrons. The summed E-state index contributed by atoms with van der Waals surface area (Å²) in [5, 5.41) is 12.2. The Balaban J connectivity index is 2.92. The van der Waals surface area contributed by atoms with Crippen LogP contribution in [0, 0.1) is 0 Å². The molecule has 0 aliphatic rings. The third kappa shape index (κ3) is 3.72. The molecule has 0 aliphatic heterocycles. The van der Waals surface area contributed by atoms with E-state index in [2.05, 4.69) is 21.2 Å². The number of carbonyl (C=O) groups is 1. The Morgan fingerprint density at radius 2 is 2.31 bits per heavy atom. The number of hydrogen-bond donors (Lipinski definition) is 2. The topological polar surface area (TPSA) is 49.3 Å². The van der Waals surface area contributed by atoms with Crippen LogP contribution in [0.3, 0.4) is 0 Å². The highest BCUT2D eigenvalue weighted by atomic mass is 79.9. The van der Waals surface area contributed by atoms with Crippen molar-refractivity contribution in [2.75, 3.05) is 17.3 Å². The monoisotopic (exact) mass is 303 g/mol. The molecule has 5 heteroatoms. The highest BCUT2D eigenvalue weighted by Gasteiger charge is 2.12. The van der Waals surface area contributed by atoms with E-state index in [9.17, 15) is 4.79 Å². The second kappa shape index (κ2) is 6.15. The molecule has 1 rings (SSSR count). The van der Waals surface area contributed by atoms with Crippen molar-refractivity contribution in [1.82, 2.24) is 0 Å². The van der Waals surface area contributed by atoms with Crippen molar-refractivity contribution in [2.45, 2.75) is 13.0 Å². The van der Waals surface area contributed by atoms with Gasteiger partial charge in [-0.3, -0.25) is 0 Å². The van der Waals surface area contributed by atoms with E-state index in [0.717, 1.165) is 10.2 Å². The van der Waals surface area contributed by atoms with Crippen molar-refractivity contribution in [2.24, 2.45) is 0 Å². The van der Waals surface area contributed by atoms with Gasteiger partial charge in [0.25, 0.3) is 0 Å². The third-order valence-corrected chi connectivity index (χ3v) is 3.36. The van der Waals surface area contributed by atoms with E-state index >= 15 is 0 Å². The largest absolute Gasteiger partial charge is 0.478 e. The quantitative estimate of drug-likeness (QED) is 0.876. The molecule has 0 bridgehead atoms. The van der Waals surface area contributed by atoms with E-state index < -0.39 is 5.97 Å². The number of anilines is 1. The summed E-state index contributed by atoms with van der Waals surface area (Å²) in [6.45, 7) is 2.03. The second-order valence-electron chi connectivity index (χ2n) is 3.50. The Morgan fingerprint density at radius 1 is 1.62 bits per heavy atom. The number of nitrogens with one attached hydrogen (secondary N) is 1. The minimum atomic E-state index is -0.911. The van der Waals surface area contributed by atoms with Crippen LogP contribution in [0.5, 0.6) is 0 Å². The van der Waals surface area contributed by atoms with Gasteiger partial charge in [-0.25, -0.2) is 4.79 Å². The van der Waals surface area contributed by atoms with E-state index in [1.165, 1.54) is 0 Å². The summed E-state index contributed by atoms with van der Waals surface area (Å²) < 4.78 is 0.872. The molecule has 1 atom stereocenters. The summed E-state index contributed by atoms with van der Waals surface area (Å²) in [7, 11) is 0. The molecule has 0 amide bonds. The Hall–Kier alpha value is -0.680. The molecule has 0 aliphatic carbocycles. The second-order valence-corrected chi connectivity index (χ2v) is 5.32. The van der Waals surface area contributed by atoms with Gasteiger partial charge >= 0.3 is 5.97 Å². The Labute approximate surface area is 108 Å². The summed E-state index contributed by atoms with van der Waals surface area (Å²) in [5.41, 5.74) is 0.958. The summed E-state index contributed by atoms with van der Waals surface area (Å²) in [6, 6.07) is 5.36. The molecular weight excluding hydrogens is 290 g/mol. The van der Waals surface area contributed by atoms with Crippen molar-refractivity contribution < 1.29 is 9.90 Å². The molecule has 0 aromatic heterocycles. The minimum Gasteiger partial charge on any atom is -0.478 e. The molecule has 0 radical (unpaired) electrons. The summed E-state index contributed by atoms with van der Waals surface area (Å²) in [4.78, 5) is 11.0. The average molecular weight is 304 g/mol. The van der Waals surface area contributed by atoms with E-state index in [0.29, 0.717) is 11.3 Å². The summed E-state index contributed by atoms with van der Waals surface area (Å²) in [6.07, 6.45) is 2.02. The average Bonchev–Trinajstić information content (AvgIpc) is 2.17. The molecule has 16 heavy (non-hydrogen) atoms. The van der Waals surface area contributed by atoms with Crippen LogP contribution in [-0.4, -0.2) is 29.1 Å². The van der Waals surface area contributed by atoms with Gasteiger partial charge in [0.15, 0.2) is 0 Å². The van der Waals surface area contributed by atoms with Crippen LogP contribution in [0.25, 0.3) is 0 Å². The standard InChI is InChI=1S/C11H14BrNO2S/c1-7(6-16-2)13-10-5-8(12)3-4-9(10)11(14)15/h3-5,7,13H,6H2,1-2H3,(H,14,15). The maximum Gasteiger partial charge on any atom is 0.337 e. The van der Waals surface area contributed by atoms with Gasteiger partial charge in [-0.1, -0.05) is 15.9 Å². The molecular formula is C11H14BrNO2S. The predicted octanol–water partition coefficient (Wildman–Crippen LogP) is 3.31. The molecule has 0 fully saturated rings. The van der Waals surface area contributed by atoms with Crippen molar-refractivity contribution in [3.63, 3.8) is 0 Å². The first kappa shape index (κ1) is 13.4. The Kier molecular flexibility index (Phi) is 5.15. The van der Waals surface area contributed by atoms with Gasteiger partial charge in [0, 0.05) is 16.3 Å². The van der Waals surface area contributed by atoms with E-state index in [-0.39, 0.29) is 6.04 Å². The smallest absolute Gasteiger partial charge is 0.337 e. The first-order valence-corrected chi connectivity index (χ1v) is 7.01. The van der Waals surface area contributed by atoms with Gasteiger partial charge < -0.3 is 10.4 Å². The number of thioether (sulfide) groups is 1. The van der Waals surface area contributed by atoms with Crippen LogP contribution in [-0.2, 0) is 0 Å². The SMILES string of the molecule is CSCC(C)Nc1cc(Br)ccc1C(=O)O. The maximum absolute atomic E-state index is 11.0. The Morgan fingerprint density at radius 3 is 2.88 bits per heavy atom. The van der Waals surface area contributed by atoms with Gasteiger partial charge in [0.1, 0.15) is 0 Å². The van der Waals surface area contributed by atoms with Crippen LogP contribution in [0.1, 0.15) is 17.3 Å². The fourth-order valence-electron chi connectivity index (χ4n) is 1.38. The van der Waals surface area contributed by atoms with E-state index in [4.69, 9.17) is 5.11 Å². The number of benzene rings is 1. The first-order chi connectivity index (χ1) is 7.54. The fourth-order valence-corrected chi connectivity index (χ4v) is 2.32. The lowest BCUT2D eigenvalue weighted by molar-refractivity contribution is 0.0698. The molecule has 2 N–H and O–H groups in total. The first-order valence-electron chi connectivity index (χ1n) is 4.83. The highest BCUT2D eigenvalue weighted by molar-refractivity contribution is 9.10. The van der Waals surface area contributed by atoms with Crippen LogP contribution in [0.2, 0.25) is 0 Å². The third-order valence-electron chi connectivity index (χ3n) is 2.03. The fraction of sp³-hybridized carbons (Fsp3) is 0.364. The zero-order valence-electron chi connectivity index (χ0n) is 9.16. The lowest BCUT2D eigenvalue weighted by Gasteiger charge is -2.16. The van der Waals surface area contributed by atoms with Gasteiger partial charge in [-0.05, 0) is 31.4 Å². The zero-order chi connectivity index (χ0) is 12.1. The number of carboxylic acids is 1. The van der Waals surface area contributed by atoms with Crippen molar-refractivity contribution in [3.8, 4) is 0 Å². The molecule has 0 heterocycles. The molecule has 0 spiro atoms. The molecule has 1 aromatic carbocycles. The number of carboxylic acid groups (broad SMARTS) is 1.